The van der Waals surface area contributed by atoms with Gasteiger partial charge in [0.05, 0.1) is 5.69 Å². The molecule has 0 amide bonds. The predicted molar refractivity (Wildman–Crippen MR) is 259 cm³/mol. The van der Waals surface area contributed by atoms with E-state index in [1.54, 1.807) is 0 Å². The van der Waals surface area contributed by atoms with E-state index in [1.165, 1.54) is 17.7 Å². The van der Waals surface area contributed by atoms with Gasteiger partial charge in [0.25, 0.3) is 0 Å². The molecule has 1 atom stereocenters. The summed E-state index contributed by atoms with van der Waals surface area (Å²) in [5.74, 6) is 0. The second-order valence-corrected chi connectivity index (χ2v) is 13.6. The quantitative estimate of drug-likeness (QED) is 0.0860. The molecule has 4 aromatic carbocycles. The molecule has 1 saturated heterocycles. The number of anilines is 2. The van der Waals surface area contributed by atoms with Crippen LogP contribution in [-0.4, -0.2) is 4.57 Å². The van der Waals surface area contributed by atoms with Crippen molar-refractivity contribution in [2.24, 2.45) is 0 Å². The van der Waals surface area contributed by atoms with Crippen molar-refractivity contribution in [3.63, 3.8) is 0 Å². The van der Waals surface area contributed by atoms with E-state index >= 15 is 0 Å². The van der Waals surface area contributed by atoms with Gasteiger partial charge in [-0.15, -0.1) is 11.4 Å². The summed E-state index contributed by atoms with van der Waals surface area (Å²) < 4.78 is 2.35. The molecule has 59 heavy (non-hydrogen) atoms. The average molecular weight is 956 g/mol. The van der Waals surface area contributed by atoms with Gasteiger partial charge in [-0.2, -0.15) is 0 Å². The average Bonchev–Trinajstić information content (AvgIpc) is 4.06. The van der Waals surface area contributed by atoms with E-state index in [1.807, 2.05) is 107 Å². The normalized spacial score (nSPS) is 12.6. The van der Waals surface area contributed by atoms with Crippen molar-refractivity contribution in [3.8, 4) is 5.69 Å². The third-order valence-electron chi connectivity index (χ3n) is 9.01. The first-order valence-electron chi connectivity index (χ1n) is 20.7. The maximum atomic E-state index is 4.87. The van der Waals surface area contributed by atoms with Crippen LogP contribution in [0.15, 0.2) is 141 Å². The third kappa shape index (κ3) is 14.3. The van der Waals surface area contributed by atoms with Crippen LogP contribution in [0.5, 0.6) is 0 Å². The van der Waals surface area contributed by atoms with Crippen molar-refractivity contribution in [3.05, 3.63) is 197 Å². The van der Waals surface area contributed by atoms with Gasteiger partial charge in [-0.05, 0) is 75.6 Å². The number of rotatable bonds is 14. The summed E-state index contributed by atoms with van der Waals surface area (Å²) in [6.45, 7) is 31.5. The van der Waals surface area contributed by atoms with Crippen molar-refractivity contribution in [2.45, 2.75) is 87.7 Å². The molecule has 6 rings (SSSR count). The molecule has 0 saturated carbocycles. The molecule has 1 fully saturated rings. The number of nitrogens with zero attached hydrogens (tertiary/aromatic N) is 3. The molecule has 0 aliphatic carbocycles. The molecular weight excluding hydrogens is 890 g/mol. The molecular formula is C53H65N5W. The first-order chi connectivity index (χ1) is 28.2. The minimum absolute atomic E-state index is 0. The molecule has 2 heterocycles. The standard InChI is InChI=1S/C41H44N3.C7H7N2.C3H8.C2H6.W/c1-9-14-16-21-29(6)36-28-33(44-40(19-10-2)34(12-4)35(13-5)41(44)20-11-3)24-25-37(36)43-39-27-30(7)38(26-31(39)8)42-32-22-17-15-18-23-32;1-2-4-6(5-3-1)7-8-9-7;1-3-2;1-2;/h9-10,12-19,21-28,43H,4-6,11,20H2,1-3,7-8H3;1-5,7-8H;3H2,1-2H3;1-2H3;/q2*-1;;;+2/b14-9-,19-10-,21-16-;;;;. The van der Waals surface area contributed by atoms with E-state index < -0.39 is 0 Å². The van der Waals surface area contributed by atoms with Crippen LogP contribution in [0.3, 0.4) is 0 Å². The van der Waals surface area contributed by atoms with Crippen molar-refractivity contribution in [1.29, 1.82) is 0 Å². The van der Waals surface area contributed by atoms with Gasteiger partial charge in [-0.3, -0.25) is 0 Å². The summed E-state index contributed by atoms with van der Waals surface area (Å²) in [4.78, 5) is 0. The molecule has 5 aromatic rings. The third-order valence-corrected chi connectivity index (χ3v) is 9.01. The van der Waals surface area contributed by atoms with Gasteiger partial charge in [0.1, 0.15) is 0 Å². The fourth-order valence-corrected chi connectivity index (χ4v) is 6.31. The van der Waals surface area contributed by atoms with Crippen LogP contribution in [0.25, 0.3) is 40.2 Å². The number of para-hydroxylation sites is 1. The second kappa shape index (κ2) is 26.7. The summed E-state index contributed by atoms with van der Waals surface area (Å²) in [7, 11) is 0. The van der Waals surface area contributed by atoms with E-state index in [4.69, 9.17) is 5.32 Å². The summed E-state index contributed by atoms with van der Waals surface area (Å²) in [6.07, 6.45) is 19.7. The molecule has 0 spiro atoms. The summed E-state index contributed by atoms with van der Waals surface area (Å²) in [5.41, 5.74) is 21.8. The molecule has 0 bridgehead atoms. The zero-order valence-electron chi connectivity index (χ0n) is 36.8. The largest absolute Gasteiger partial charge is 2.00 e. The maximum absolute atomic E-state index is 4.87. The molecule has 1 aliphatic heterocycles. The smallest absolute Gasteiger partial charge is 0.658 e. The Morgan fingerprint density at radius 3 is 2.00 bits per heavy atom. The Labute approximate surface area is 371 Å². The van der Waals surface area contributed by atoms with Gasteiger partial charge in [0.15, 0.2) is 0 Å². The number of aryl methyl sites for hydroxylation is 2. The van der Waals surface area contributed by atoms with Crippen LogP contribution >= 0.6 is 0 Å². The van der Waals surface area contributed by atoms with Gasteiger partial charge in [0.2, 0.25) is 0 Å². The number of benzene rings is 4. The first kappa shape index (κ1) is 50.0. The Morgan fingerprint density at radius 2 is 1.44 bits per heavy atom. The van der Waals surface area contributed by atoms with Gasteiger partial charge in [-0.25, -0.2) is 0 Å². The molecule has 6 heteroatoms. The van der Waals surface area contributed by atoms with E-state index in [-0.39, 0.29) is 27.2 Å². The van der Waals surface area contributed by atoms with Crippen molar-refractivity contribution < 1.29 is 21.1 Å². The molecule has 1 aromatic heterocycles. The van der Waals surface area contributed by atoms with Crippen LogP contribution in [0, 0.1) is 13.8 Å². The van der Waals surface area contributed by atoms with E-state index in [2.05, 4.69) is 136 Å². The maximum Gasteiger partial charge on any atom is 2.00 e. The van der Waals surface area contributed by atoms with Gasteiger partial charge in [-0.1, -0.05) is 194 Å². The van der Waals surface area contributed by atoms with Crippen LogP contribution < -0.4 is 10.7 Å². The van der Waals surface area contributed by atoms with E-state index in [0.29, 0.717) is 0 Å². The summed E-state index contributed by atoms with van der Waals surface area (Å²) in [6, 6.07) is 31.1. The van der Waals surface area contributed by atoms with Crippen LogP contribution in [0.4, 0.5) is 22.7 Å². The van der Waals surface area contributed by atoms with Crippen LogP contribution in [0.2, 0.25) is 0 Å². The zero-order valence-corrected chi connectivity index (χ0v) is 39.8. The Bertz CT molecular complexity index is 2150. The van der Waals surface area contributed by atoms with Gasteiger partial charge < -0.3 is 26.1 Å². The number of allylic oxidation sites excluding steroid dienone is 6. The molecule has 1 aliphatic rings. The van der Waals surface area contributed by atoms with Crippen molar-refractivity contribution in [1.82, 2.24) is 9.99 Å². The Morgan fingerprint density at radius 1 is 0.814 bits per heavy atom. The minimum atomic E-state index is 0. The molecule has 1 unspecified atom stereocenters. The fourth-order valence-electron chi connectivity index (χ4n) is 6.31. The molecule has 0 radical (unpaired) electrons. The van der Waals surface area contributed by atoms with Gasteiger partial charge in [0, 0.05) is 39.4 Å². The van der Waals surface area contributed by atoms with Crippen molar-refractivity contribution >= 4 is 46.6 Å². The number of aromatic nitrogens is 1. The van der Waals surface area contributed by atoms with Crippen LogP contribution in [0.1, 0.15) is 112 Å². The van der Waals surface area contributed by atoms with E-state index in [0.717, 1.165) is 80.4 Å². The molecule has 5 nitrogen and oxygen atoms in total. The topological polar surface area (TPSA) is 67.1 Å². The fraction of sp³-hybridized carbons (Fsp3) is 0.245. The van der Waals surface area contributed by atoms with Crippen molar-refractivity contribution in [2.75, 3.05) is 5.32 Å². The molecule has 2 N–H and O–H groups in total. The minimum Gasteiger partial charge on any atom is -0.658 e. The summed E-state index contributed by atoms with van der Waals surface area (Å²) in [5, 5.41) is 8.60. The monoisotopic (exact) mass is 955 g/mol. The first-order valence-corrected chi connectivity index (χ1v) is 20.7. The number of hydrogen-bond acceptors (Lipinski definition) is 2. The molecule has 308 valence electrons. The Balaban J connectivity index is 0.000000677. The number of hydrogen-bond donors (Lipinski definition) is 2. The second-order valence-electron chi connectivity index (χ2n) is 13.6. The van der Waals surface area contributed by atoms with Gasteiger partial charge >= 0.3 is 21.1 Å². The summed E-state index contributed by atoms with van der Waals surface area (Å²) >= 11 is 0. The Hall–Kier alpha value is -5.19. The van der Waals surface area contributed by atoms with Crippen LogP contribution in [-0.2, 0) is 27.5 Å². The zero-order chi connectivity index (χ0) is 42.5. The van der Waals surface area contributed by atoms with E-state index in [9.17, 15) is 0 Å². The Kier molecular flexibility index (Phi) is 22.6. The number of nitrogens with one attached hydrogen (secondary N) is 2. The SMILES string of the molecule is C=Cc1c(C=C)c(CCC)n(-c2ccc(Nc3cc(C)c([N-]c4ccccc4)cc3C)c(C(=C)/C=C\C=C/C)c2)c1/C=C\C.CC.CCC.[W+2].c1ccc(C2[N-]N2)cc1. The predicted octanol–water partition coefficient (Wildman–Crippen LogP) is 16.6.